The number of hydrogen-bond donors (Lipinski definition) is 3. The standard InChI is InChI=1S/C22H33N5O3S/c1-4-17(5-2)21-13-19(30-26-21)15-25-22(23-6-3)24-14-16-7-11-20(12-8-16)31(28,29)27-18-9-10-18/h7-8,11-13,17-18,27H,4-6,9-10,14-15H2,1-3H3,(H2,23,24,25). The van der Waals surface area contributed by atoms with Gasteiger partial charge in [0.2, 0.25) is 10.0 Å². The number of rotatable bonds is 11. The van der Waals surface area contributed by atoms with Crippen LogP contribution in [0.1, 0.15) is 69.4 Å². The SMILES string of the molecule is CCNC(=NCc1ccc(S(=O)(=O)NC2CC2)cc1)NCc1cc(C(CC)CC)no1. The van der Waals surface area contributed by atoms with Crippen LogP contribution >= 0.6 is 0 Å². The van der Waals surface area contributed by atoms with Crippen molar-refractivity contribution in [3.63, 3.8) is 0 Å². The third kappa shape index (κ3) is 6.80. The van der Waals surface area contributed by atoms with Gasteiger partial charge in [-0.2, -0.15) is 0 Å². The molecule has 9 heteroatoms. The minimum absolute atomic E-state index is 0.0956. The van der Waals surface area contributed by atoms with E-state index in [2.05, 4.69) is 39.4 Å². The minimum Gasteiger partial charge on any atom is -0.359 e. The number of aliphatic imine (C=N–C) groups is 1. The summed E-state index contributed by atoms with van der Waals surface area (Å²) in [6.07, 6.45) is 3.91. The molecule has 0 bridgehead atoms. The summed E-state index contributed by atoms with van der Waals surface area (Å²) >= 11 is 0. The lowest BCUT2D eigenvalue weighted by molar-refractivity contribution is 0.368. The van der Waals surface area contributed by atoms with Gasteiger partial charge in [-0.3, -0.25) is 0 Å². The van der Waals surface area contributed by atoms with Crippen LogP contribution in [0, 0.1) is 0 Å². The lowest BCUT2D eigenvalue weighted by Crippen LogP contribution is -2.36. The summed E-state index contributed by atoms with van der Waals surface area (Å²) in [5.74, 6) is 1.85. The summed E-state index contributed by atoms with van der Waals surface area (Å²) in [5, 5.41) is 10.7. The smallest absolute Gasteiger partial charge is 0.240 e. The van der Waals surface area contributed by atoms with Crippen molar-refractivity contribution in [1.82, 2.24) is 20.5 Å². The van der Waals surface area contributed by atoms with Gasteiger partial charge in [0.15, 0.2) is 11.7 Å². The van der Waals surface area contributed by atoms with Crippen LogP contribution in [0.15, 0.2) is 44.7 Å². The summed E-state index contributed by atoms with van der Waals surface area (Å²) in [7, 11) is -3.43. The molecule has 3 rings (SSSR count). The summed E-state index contributed by atoms with van der Waals surface area (Å²) in [5.41, 5.74) is 1.92. The molecule has 8 nitrogen and oxygen atoms in total. The summed E-state index contributed by atoms with van der Waals surface area (Å²) in [6, 6.07) is 8.95. The summed E-state index contributed by atoms with van der Waals surface area (Å²) < 4.78 is 32.7. The minimum atomic E-state index is -3.43. The molecule has 1 aliphatic carbocycles. The predicted molar refractivity (Wildman–Crippen MR) is 121 cm³/mol. The van der Waals surface area contributed by atoms with Gasteiger partial charge in [-0.1, -0.05) is 31.1 Å². The Balaban J connectivity index is 1.58. The fourth-order valence-electron chi connectivity index (χ4n) is 3.26. The second kappa shape index (κ2) is 10.8. The van der Waals surface area contributed by atoms with Crippen LogP contribution in [0.2, 0.25) is 0 Å². The van der Waals surface area contributed by atoms with Crippen molar-refractivity contribution in [2.24, 2.45) is 4.99 Å². The highest BCUT2D eigenvalue weighted by molar-refractivity contribution is 7.89. The highest BCUT2D eigenvalue weighted by atomic mass is 32.2. The highest BCUT2D eigenvalue weighted by Gasteiger charge is 2.27. The molecule has 0 amide bonds. The van der Waals surface area contributed by atoms with E-state index in [0.29, 0.717) is 25.0 Å². The molecule has 31 heavy (non-hydrogen) atoms. The molecule has 1 fully saturated rings. The number of guanidine groups is 1. The van der Waals surface area contributed by atoms with E-state index in [0.717, 1.165) is 49.2 Å². The fourth-order valence-corrected chi connectivity index (χ4v) is 4.56. The number of nitrogens with one attached hydrogen (secondary N) is 3. The van der Waals surface area contributed by atoms with E-state index in [1.807, 2.05) is 13.0 Å². The average molecular weight is 448 g/mol. The molecule has 1 aromatic carbocycles. The first-order valence-electron chi connectivity index (χ1n) is 11.0. The average Bonchev–Trinajstić information content (AvgIpc) is 3.44. The molecular formula is C22H33N5O3S. The second-order valence-electron chi connectivity index (χ2n) is 7.82. The Kier molecular flexibility index (Phi) is 8.09. The molecule has 1 aromatic heterocycles. The topological polar surface area (TPSA) is 109 Å². The van der Waals surface area contributed by atoms with Crippen LogP contribution in [0.25, 0.3) is 0 Å². The second-order valence-corrected chi connectivity index (χ2v) is 9.53. The Bertz CT molecular complexity index is 961. The molecule has 1 saturated carbocycles. The maximum absolute atomic E-state index is 12.3. The van der Waals surface area contributed by atoms with Crippen molar-refractivity contribution in [3.8, 4) is 0 Å². The van der Waals surface area contributed by atoms with Crippen LogP contribution in [0.5, 0.6) is 0 Å². The van der Waals surface area contributed by atoms with E-state index in [4.69, 9.17) is 4.52 Å². The van der Waals surface area contributed by atoms with Gasteiger partial charge in [0, 0.05) is 24.6 Å². The Hall–Kier alpha value is -2.39. The molecule has 1 aliphatic rings. The zero-order valence-corrected chi connectivity index (χ0v) is 19.3. The van der Waals surface area contributed by atoms with Crippen LogP contribution in [0.4, 0.5) is 0 Å². The van der Waals surface area contributed by atoms with Gasteiger partial charge in [0.25, 0.3) is 0 Å². The Labute approximate surface area is 184 Å². The first-order valence-corrected chi connectivity index (χ1v) is 12.5. The molecule has 0 saturated heterocycles. The van der Waals surface area contributed by atoms with E-state index in [1.54, 1.807) is 24.3 Å². The van der Waals surface area contributed by atoms with E-state index < -0.39 is 10.0 Å². The van der Waals surface area contributed by atoms with Gasteiger partial charge < -0.3 is 15.2 Å². The van der Waals surface area contributed by atoms with Crippen LogP contribution in [-0.2, 0) is 23.1 Å². The van der Waals surface area contributed by atoms with Crippen molar-refractivity contribution in [2.75, 3.05) is 6.54 Å². The number of nitrogens with zero attached hydrogens (tertiary/aromatic N) is 2. The normalized spacial score (nSPS) is 14.8. The molecule has 1 heterocycles. The predicted octanol–water partition coefficient (Wildman–Crippen LogP) is 3.27. The van der Waals surface area contributed by atoms with Crippen molar-refractivity contribution in [2.45, 2.75) is 76.4 Å². The zero-order valence-electron chi connectivity index (χ0n) is 18.5. The first-order chi connectivity index (χ1) is 14.9. The van der Waals surface area contributed by atoms with Crippen LogP contribution in [-0.4, -0.2) is 32.1 Å². The highest BCUT2D eigenvalue weighted by Crippen LogP contribution is 2.23. The fraction of sp³-hybridized carbons (Fsp3) is 0.545. The summed E-state index contributed by atoms with van der Waals surface area (Å²) in [4.78, 5) is 4.88. The molecule has 0 spiro atoms. The van der Waals surface area contributed by atoms with Crippen LogP contribution < -0.4 is 15.4 Å². The van der Waals surface area contributed by atoms with E-state index >= 15 is 0 Å². The third-order valence-corrected chi connectivity index (χ3v) is 6.84. The Morgan fingerprint density at radius 2 is 1.87 bits per heavy atom. The van der Waals surface area contributed by atoms with E-state index in [-0.39, 0.29) is 10.9 Å². The molecule has 3 N–H and O–H groups in total. The van der Waals surface area contributed by atoms with E-state index in [1.165, 1.54) is 0 Å². The summed E-state index contributed by atoms with van der Waals surface area (Å²) in [6.45, 7) is 7.96. The Morgan fingerprint density at radius 3 is 2.48 bits per heavy atom. The lowest BCUT2D eigenvalue weighted by atomic mass is 9.99. The van der Waals surface area contributed by atoms with Crippen molar-refractivity contribution >= 4 is 16.0 Å². The van der Waals surface area contributed by atoms with Crippen LogP contribution in [0.3, 0.4) is 0 Å². The van der Waals surface area contributed by atoms with Gasteiger partial charge in [-0.05, 0) is 50.3 Å². The monoisotopic (exact) mass is 447 g/mol. The molecule has 2 aromatic rings. The molecule has 170 valence electrons. The molecule has 0 aliphatic heterocycles. The molecule has 0 atom stereocenters. The number of sulfonamides is 1. The number of benzene rings is 1. The molecule has 0 radical (unpaired) electrons. The Morgan fingerprint density at radius 1 is 1.16 bits per heavy atom. The zero-order chi connectivity index (χ0) is 22.3. The number of aromatic nitrogens is 1. The van der Waals surface area contributed by atoms with E-state index in [9.17, 15) is 8.42 Å². The van der Waals surface area contributed by atoms with Crippen molar-refractivity contribution in [1.29, 1.82) is 0 Å². The third-order valence-electron chi connectivity index (χ3n) is 5.31. The largest absolute Gasteiger partial charge is 0.359 e. The molecular weight excluding hydrogens is 414 g/mol. The number of hydrogen-bond acceptors (Lipinski definition) is 5. The first kappa shape index (κ1) is 23.3. The van der Waals surface area contributed by atoms with Crippen molar-refractivity contribution < 1.29 is 12.9 Å². The van der Waals surface area contributed by atoms with Gasteiger partial charge in [-0.15, -0.1) is 0 Å². The maximum Gasteiger partial charge on any atom is 0.240 e. The molecule has 0 unspecified atom stereocenters. The van der Waals surface area contributed by atoms with Gasteiger partial charge in [0.1, 0.15) is 0 Å². The lowest BCUT2D eigenvalue weighted by Gasteiger charge is -2.10. The maximum atomic E-state index is 12.3. The van der Waals surface area contributed by atoms with Crippen molar-refractivity contribution in [3.05, 3.63) is 47.3 Å². The van der Waals surface area contributed by atoms with Gasteiger partial charge >= 0.3 is 0 Å². The van der Waals surface area contributed by atoms with Gasteiger partial charge in [-0.25, -0.2) is 18.1 Å². The van der Waals surface area contributed by atoms with Gasteiger partial charge in [0.05, 0.1) is 23.7 Å². The quantitative estimate of drug-likeness (QED) is 0.360.